The molecule has 0 amide bonds. The van der Waals surface area contributed by atoms with Crippen LogP contribution in [0, 0.1) is 0 Å². The third kappa shape index (κ3) is 3.56. The molecule has 4 heteroatoms. The van der Waals surface area contributed by atoms with Crippen LogP contribution in [0.4, 0.5) is 0 Å². The summed E-state index contributed by atoms with van der Waals surface area (Å²) in [6.07, 6.45) is 0. The smallest absolute Gasteiger partial charge is 0.324 e. The molecule has 1 rings (SSSR count). The minimum absolute atomic E-state index is 0.126. The molecular formula is C9H17NO2S. The van der Waals surface area contributed by atoms with E-state index < -0.39 is 0 Å². The largest absolute Gasteiger partial charge is 0.459 e. The van der Waals surface area contributed by atoms with Crippen LogP contribution in [0.15, 0.2) is 0 Å². The van der Waals surface area contributed by atoms with E-state index in [1.54, 1.807) is 11.8 Å². The van der Waals surface area contributed by atoms with Crippen molar-refractivity contribution in [2.75, 3.05) is 5.75 Å². The van der Waals surface area contributed by atoms with Gasteiger partial charge in [0.25, 0.3) is 0 Å². The summed E-state index contributed by atoms with van der Waals surface area (Å²) in [5.74, 6) is 0.681. The molecule has 0 aromatic rings. The fourth-order valence-electron chi connectivity index (χ4n) is 1.13. The van der Waals surface area contributed by atoms with Gasteiger partial charge < -0.3 is 4.74 Å². The van der Waals surface area contributed by atoms with E-state index in [2.05, 4.69) is 12.2 Å². The average molecular weight is 203 g/mol. The molecule has 0 spiro atoms. The van der Waals surface area contributed by atoms with Gasteiger partial charge in [0, 0.05) is 5.75 Å². The fraction of sp³-hybridized carbons (Fsp3) is 0.889. The standard InChI is InChI=1S/C9H17NO2S/c1-6-10-7(5-13-6)8(11)12-9(2,3)4/h6-7,10H,5H2,1-4H3. The second-order valence-electron chi connectivity index (χ2n) is 4.23. The second kappa shape index (κ2) is 3.88. The van der Waals surface area contributed by atoms with Gasteiger partial charge in [0.05, 0.1) is 5.37 Å². The number of carbonyl (C=O) groups excluding carboxylic acids is 1. The topological polar surface area (TPSA) is 38.3 Å². The third-order valence-electron chi connectivity index (χ3n) is 1.64. The molecule has 0 aromatic carbocycles. The Kier molecular flexibility index (Phi) is 3.24. The summed E-state index contributed by atoms with van der Waals surface area (Å²) in [6.45, 7) is 7.71. The van der Waals surface area contributed by atoms with Gasteiger partial charge in [-0.05, 0) is 27.7 Å². The third-order valence-corrected chi connectivity index (χ3v) is 2.80. The van der Waals surface area contributed by atoms with Gasteiger partial charge in [-0.15, -0.1) is 11.8 Å². The van der Waals surface area contributed by atoms with Crippen LogP contribution in [0.1, 0.15) is 27.7 Å². The Labute approximate surface area is 83.6 Å². The highest BCUT2D eigenvalue weighted by Gasteiger charge is 2.30. The van der Waals surface area contributed by atoms with E-state index in [-0.39, 0.29) is 17.6 Å². The molecule has 1 aliphatic rings. The lowest BCUT2D eigenvalue weighted by molar-refractivity contribution is -0.156. The van der Waals surface area contributed by atoms with Crippen LogP contribution in [0.25, 0.3) is 0 Å². The summed E-state index contributed by atoms with van der Waals surface area (Å²) in [6, 6.07) is -0.126. The first-order chi connectivity index (χ1) is 5.88. The maximum atomic E-state index is 11.5. The summed E-state index contributed by atoms with van der Waals surface area (Å²) in [5.41, 5.74) is -0.380. The maximum absolute atomic E-state index is 11.5. The van der Waals surface area contributed by atoms with Crippen molar-refractivity contribution < 1.29 is 9.53 Å². The summed E-state index contributed by atoms with van der Waals surface area (Å²) in [4.78, 5) is 11.5. The zero-order valence-electron chi connectivity index (χ0n) is 8.59. The quantitative estimate of drug-likeness (QED) is 0.653. The van der Waals surface area contributed by atoms with E-state index in [4.69, 9.17) is 4.74 Å². The number of thioether (sulfide) groups is 1. The van der Waals surface area contributed by atoms with Crippen LogP contribution in [-0.2, 0) is 9.53 Å². The van der Waals surface area contributed by atoms with Crippen LogP contribution in [0.5, 0.6) is 0 Å². The van der Waals surface area contributed by atoms with Crippen molar-refractivity contribution in [2.24, 2.45) is 0 Å². The van der Waals surface area contributed by atoms with Gasteiger partial charge in [0.2, 0.25) is 0 Å². The first-order valence-corrected chi connectivity index (χ1v) is 5.54. The lowest BCUT2D eigenvalue weighted by Gasteiger charge is -2.21. The molecule has 2 unspecified atom stereocenters. The van der Waals surface area contributed by atoms with Crippen LogP contribution in [0.3, 0.4) is 0 Å². The molecule has 1 heterocycles. The van der Waals surface area contributed by atoms with Gasteiger partial charge in [-0.2, -0.15) is 0 Å². The van der Waals surface area contributed by atoms with Crippen LogP contribution in [0.2, 0.25) is 0 Å². The molecule has 1 aliphatic heterocycles. The predicted octanol–water partition coefficient (Wildman–Crippen LogP) is 1.38. The highest BCUT2D eigenvalue weighted by Crippen LogP contribution is 2.20. The van der Waals surface area contributed by atoms with E-state index >= 15 is 0 Å². The van der Waals surface area contributed by atoms with Crippen molar-refractivity contribution in [3.63, 3.8) is 0 Å². The van der Waals surface area contributed by atoms with Crippen LogP contribution < -0.4 is 5.32 Å². The molecule has 0 aliphatic carbocycles. The lowest BCUT2D eigenvalue weighted by Crippen LogP contribution is -2.40. The van der Waals surface area contributed by atoms with Crippen molar-refractivity contribution in [1.82, 2.24) is 5.32 Å². The lowest BCUT2D eigenvalue weighted by atomic mass is 10.2. The van der Waals surface area contributed by atoms with Gasteiger partial charge in [-0.3, -0.25) is 10.1 Å². The predicted molar refractivity (Wildman–Crippen MR) is 54.7 cm³/mol. The van der Waals surface area contributed by atoms with E-state index in [1.807, 2.05) is 20.8 Å². The Morgan fingerprint density at radius 2 is 2.15 bits per heavy atom. The molecule has 0 saturated carbocycles. The fourth-order valence-corrected chi connectivity index (χ4v) is 2.10. The molecule has 0 aromatic heterocycles. The zero-order chi connectivity index (χ0) is 10.1. The summed E-state index contributed by atoms with van der Waals surface area (Å²) in [5, 5.41) is 3.52. The monoisotopic (exact) mass is 203 g/mol. The Morgan fingerprint density at radius 3 is 2.54 bits per heavy atom. The minimum Gasteiger partial charge on any atom is -0.459 e. The van der Waals surface area contributed by atoms with Crippen molar-refractivity contribution in [3.8, 4) is 0 Å². The molecule has 76 valence electrons. The molecular weight excluding hydrogens is 186 g/mol. The molecule has 1 fully saturated rings. The number of hydrogen-bond donors (Lipinski definition) is 1. The van der Waals surface area contributed by atoms with E-state index in [0.717, 1.165) is 5.75 Å². The summed E-state index contributed by atoms with van der Waals surface area (Å²) < 4.78 is 5.26. The van der Waals surface area contributed by atoms with Gasteiger partial charge >= 0.3 is 5.97 Å². The molecule has 1 N–H and O–H groups in total. The maximum Gasteiger partial charge on any atom is 0.324 e. The summed E-state index contributed by atoms with van der Waals surface area (Å²) >= 11 is 1.75. The zero-order valence-corrected chi connectivity index (χ0v) is 9.40. The van der Waals surface area contributed by atoms with Crippen LogP contribution >= 0.6 is 11.8 Å². The highest BCUT2D eigenvalue weighted by atomic mass is 32.2. The van der Waals surface area contributed by atoms with E-state index in [9.17, 15) is 4.79 Å². The van der Waals surface area contributed by atoms with Gasteiger partial charge in [-0.1, -0.05) is 0 Å². The Balaban J connectivity index is 2.41. The van der Waals surface area contributed by atoms with Crippen molar-refractivity contribution in [1.29, 1.82) is 0 Å². The number of rotatable bonds is 1. The van der Waals surface area contributed by atoms with Gasteiger partial charge in [-0.25, -0.2) is 0 Å². The van der Waals surface area contributed by atoms with Gasteiger partial charge in [0.15, 0.2) is 0 Å². The molecule has 2 atom stereocenters. The molecule has 3 nitrogen and oxygen atoms in total. The minimum atomic E-state index is -0.380. The first kappa shape index (κ1) is 10.9. The van der Waals surface area contributed by atoms with Crippen molar-refractivity contribution in [3.05, 3.63) is 0 Å². The second-order valence-corrected chi connectivity index (χ2v) is 5.60. The number of esters is 1. The molecule has 0 radical (unpaired) electrons. The number of ether oxygens (including phenoxy) is 1. The van der Waals surface area contributed by atoms with Gasteiger partial charge in [0.1, 0.15) is 11.6 Å². The molecule has 0 bridgehead atoms. The first-order valence-electron chi connectivity index (χ1n) is 4.49. The average Bonchev–Trinajstić information content (AvgIpc) is 2.31. The Hall–Kier alpha value is -0.220. The molecule has 13 heavy (non-hydrogen) atoms. The number of nitrogens with one attached hydrogen (secondary N) is 1. The van der Waals surface area contributed by atoms with Crippen LogP contribution in [-0.4, -0.2) is 28.7 Å². The molecule has 1 saturated heterocycles. The van der Waals surface area contributed by atoms with E-state index in [1.165, 1.54) is 0 Å². The normalized spacial score (nSPS) is 28.9. The van der Waals surface area contributed by atoms with E-state index in [0.29, 0.717) is 5.37 Å². The van der Waals surface area contributed by atoms with Crippen molar-refractivity contribution in [2.45, 2.75) is 44.7 Å². The highest BCUT2D eigenvalue weighted by molar-refractivity contribution is 8.00. The Bertz CT molecular complexity index is 200. The van der Waals surface area contributed by atoms with Crippen molar-refractivity contribution >= 4 is 17.7 Å². The SMILES string of the molecule is CC1NC(C(=O)OC(C)(C)C)CS1. The summed E-state index contributed by atoms with van der Waals surface area (Å²) in [7, 11) is 0. The number of hydrogen-bond acceptors (Lipinski definition) is 4. The number of carbonyl (C=O) groups is 1. The Morgan fingerprint density at radius 1 is 1.54 bits per heavy atom.